The molecule has 0 bridgehead atoms. The molecule has 0 heterocycles. The first kappa shape index (κ1) is 19.1. The predicted molar refractivity (Wildman–Crippen MR) is 91.8 cm³/mol. The van der Waals surface area contributed by atoms with Gasteiger partial charge in [-0.15, -0.1) is 0 Å². The van der Waals surface area contributed by atoms with Crippen molar-refractivity contribution in [2.24, 2.45) is 5.41 Å². The molecule has 2 aromatic carbocycles. The van der Waals surface area contributed by atoms with Gasteiger partial charge in [-0.3, -0.25) is 0 Å². The van der Waals surface area contributed by atoms with Crippen molar-refractivity contribution in [3.63, 3.8) is 0 Å². The molecule has 0 aliphatic rings. The van der Waals surface area contributed by atoms with E-state index in [0.29, 0.717) is 0 Å². The summed E-state index contributed by atoms with van der Waals surface area (Å²) in [5.74, 6) is 0. The normalized spacial score (nSPS) is 10.6. The van der Waals surface area contributed by atoms with Gasteiger partial charge in [0.05, 0.1) is 31.8 Å². The highest BCUT2D eigenvalue weighted by atomic mass is 16.3. The zero-order chi connectivity index (χ0) is 17.1. The molecule has 0 aliphatic carbocycles. The molecule has 4 heteroatoms. The fourth-order valence-corrected chi connectivity index (χ4v) is 1.75. The van der Waals surface area contributed by atoms with Crippen LogP contribution in [0.3, 0.4) is 0 Å². The molecule has 2 rings (SSSR count). The van der Waals surface area contributed by atoms with Crippen molar-refractivity contribution in [2.75, 3.05) is 26.4 Å². The molecule has 0 saturated carbocycles. The van der Waals surface area contributed by atoms with Gasteiger partial charge in [-0.05, 0) is 16.7 Å². The third-order valence-electron chi connectivity index (χ3n) is 3.59. The maximum atomic E-state index is 8.50. The van der Waals surface area contributed by atoms with Gasteiger partial charge in [-0.1, -0.05) is 67.2 Å². The van der Waals surface area contributed by atoms with Crippen LogP contribution >= 0.6 is 0 Å². The van der Waals surface area contributed by atoms with Crippen LogP contribution in [0.2, 0.25) is 0 Å². The summed E-state index contributed by atoms with van der Waals surface area (Å²) in [6, 6.07) is 20.5. The summed E-state index contributed by atoms with van der Waals surface area (Å²) in [6.45, 7) is 2.47. The predicted octanol–water partition coefficient (Wildman–Crippen LogP) is 1.69. The van der Waals surface area contributed by atoms with Crippen molar-refractivity contribution in [3.05, 3.63) is 78.4 Å². The van der Waals surface area contributed by atoms with E-state index in [4.69, 9.17) is 20.4 Å². The number of hydrogen-bond donors (Lipinski definition) is 4. The minimum atomic E-state index is -1.11. The number of aliphatic hydroxyl groups excluding tert-OH is 4. The molecule has 0 saturated heterocycles. The van der Waals surface area contributed by atoms with Gasteiger partial charge in [-0.2, -0.15) is 0 Å². The van der Waals surface area contributed by atoms with Gasteiger partial charge in [0.25, 0.3) is 0 Å². The topological polar surface area (TPSA) is 80.9 Å². The fourth-order valence-electron chi connectivity index (χ4n) is 1.75. The van der Waals surface area contributed by atoms with Crippen LogP contribution in [-0.2, 0) is 0 Å². The third-order valence-corrected chi connectivity index (χ3v) is 3.59. The zero-order valence-corrected chi connectivity index (χ0v) is 13.1. The van der Waals surface area contributed by atoms with E-state index in [1.807, 2.05) is 36.4 Å². The standard InChI is InChI=1S/C14H12.C5H12O4/c1-12(13-8-4-2-5-9-13)14-10-6-3-7-11-14;6-1-5(2-7,3-8)4-9/h2-11H,1H2;6-9H,1-4H2. The highest BCUT2D eigenvalue weighted by Gasteiger charge is 2.26. The van der Waals surface area contributed by atoms with Crippen molar-refractivity contribution >= 4 is 5.57 Å². The van der Waals surface area contributed by atoms with Crippen LogP contribution in [0.15, 0.2) is 67.2 Å². The lowest BCUT2D eigenvalue weighted by atomic mass is 9.93. The Kier molecular flexibility index (Phi) is 8.22. The first-order chi connectivity index (χ1) is 11.1. The lowest BCUT2D eigenvalue weighted by Crippen LogP contribution is -2.37. The van der Waals surface area contributed by atoms with Gasteiger partial charge in [0.1, 0.15) is 0 Å². The Bertz CT molecular complexity index is 503. The van der Waals surface area contributed by atoms with Gasteiger partial charge in [0.15, 0.2) is 0 Å². The lowest BCUT2D eigenvalue weighted by Gasteiger charge is -2.23. The van der Waals surface area contributed by atoms with E-state index in [-0.39, 0.29) is 0 Å². The van der Waals surface area contributed by atoms with Gasteiger partial charge in [0, 0.05) is 0 Å². The third kappa shape index (κ3) is 5.62. The van der Waals surface area contributed by atoms with Crippen LogP contribution in [0.1, 0.15) is 11.1 Å². The minimum Gasteiger partial charge on any atom is -0.396 e. The maximum absolute atomic E-state index is 8.50. The van der Waals surface area contributed by atoms with Gasteiger partial charge < -0.3 is 20.4 Å². The highest BCUT2D eigenvalue weighted by Crippen LogP contribution is 2.20. The maximum Gasteiger partial charge on any atom is 0.0627 e. The highest BCUT2D eigenvalue weighted by molar-refractivity contribution is 5.77. The monoisotopic (exact) mass is 316 g/mol. The van der Waals surface area contributed by atoms with E-state index in [9.17, 15) is 0 Å². The number of hydrogen-bond acceptors (Lipinski definition) is 4. The smallest absolute Gasteiger partial charge is 0.0627 e. The summed E-state index contributed by atoms with van der Waals surface area (Å²) in [5, 5.41) is 34.0. The van der Waals surface area contributed by atoms with Gasteiger partial charge >= 0.3 is 0 Å². The van der Waals surface area contributed by atoms with Crippen molar-refractivity contribution in [2.45, 2.75) is 0 Å². The summed E-state index contributed by atoms with van der Waals surface area (Å²) >= 11 is 0. The molecule has 0 atom stereocenters. The quantitative estimate of drug-likeness (QED) is 0.654. The first-order valence-corrected chi connectivity index (χ1v) is 7.35. The van der Waals surface area contributed by atoms with Crippen LogP contribution in [0.5, 0.6) is 0 Å². The van der Waals surface area contributed by atoms with Crippen LogP contribution < -0.4 is 0 Å². The molecule has 0 aliphatic heterocycles. The van der Waals surface area contributed by atoms with Crippen molar-refractivity contribution in [1.82, 2.24) is 0 Å². The van der Waals surface area contributed by atoms with Crippen LogP contribution in [0, 0.1) is 5.41 Å². The molecule has 4 nitrogen and oxygen atoms in total. The van der Waals surface area contributed by atoms with E-state index >= 15 is 0 Å². The fraction of sp³-hybridized carbons (Fsp3) is 0.263. The zero-order valence-electron chi connectivity index (χ0n) is 13.1. The molecule has 4 N–H and O–H groups in total. The van der Waals surface area contributed by atoms with Crippen LogP contribution in [-0.4, -0.2) is 46.9 Å². The van der Waals surface area contributed by atoms with Crippen LogP contribution in [0.4, 0.5) is 0 Å². The van der Waals surface area contributed by atoms with Gasteiger partial charge in [0.2, 0.25) is 0 Å². The molecule has 0 aromatic heterocycles. The summed E-state index contributed by atoms with van der Waals surface area (Å²) in [7, 11) is 0. The Morgan fingerprint density at radius 3 is 1.17 bits per heavy atom. The lowest BCUT2D eigenvalue weighted by molar-refractivity contribution is -0.0328. The molecule has 0 spiro atoms. The molecule has 0 fully saturated rings. The van der Waals surface area contributed by atoms with Crippen molar-refractivity contribution in [3.8, 4) is 0 Å². The Balaban J connectivity index is 0.000000257. The minimum absolute atomic E-state index is 0.406. The second kappa shape index (κ2) is 9.92. The summed E-state index contributed by atoms with van der Waals surface area (Å²) in [6.07, 6.45) is 0. The van der Waals surface area contributed by atoms with E-state index in [2.05, 4.69) is 30.8 Å². The second-order valence-electron chi connectivity index (χ2n) is 5.34. The summed E-state index contributed by atoms with van der Waals surface area (Å²) in [5.41, 5.74) is 2.32. The van der Waals surface area contributed by atoms with Crippen LogP contribution in [0.25, 0.3) is 5.57 Å². The molecule has 124 valence electrons. The Morgan fingerprint density at radius 1 is 0.652 bits per heavy atom. The largest absolute Gasteiger partial charge is 0.396 e. The molecular formula is C19H24O4. The Hall–Kier alpha value is -1.98. The number of rotatable bonds is 6. The number of benzene rings is 2. The van der Waals surface area contributed by atoms with E-state index < -0.39 is 31.8 Å². The summed E-state index contributed by atoms with van der Waals surface area (Å²) < 4.78 is 0. The van der Waals surface area contributed by atoms with E-state index in [0.717, 1.165) is 5.57 Å². The van der Waals surface area contributed by atoms with Crippen molar-refractivity contribution < 1.29 is 20.4 Å². The molecule has 2 aromatic rings. The number of aliphatic hydroxyl groups is 4. The van der Waals surface area contributed by atoms with E-state index in [1.54, 1.807) is 0 Å². The first-order valence-electron chi connectivity index (χ1n) is 7.35. The SMILES string of the molecule is C=C(c1ccccc1)c1ccccc1.OCC(CO)(CO)CO. The molecule has 23 heavy (non-hydrogen) atoms. The Morgan fingerprint density at radius 2 is 0.957 bits per heavy atom. The molecule has 0 radical (unpaired) electrons. The van der Waals surface area contributed by atoms with Gasteiger partial charge in [-0.25, -0.2) is 0 Å². The molecule has 0 unspecified atom stereocenters. The molecule has 0 amide bonds. The average Bonchev–Trinajstić information content (AvgIpc) is 2.65. The second-order valence-corrected chi connectivity index (χ2v) is 5.34. The summed E-state index contributed by atoms with van der Waals surface area (Å²) in [4.78, 5) is 0. The van der Waals surface area contributed by atoms with Crippen molar-refractivity contribution in [1.29, 1.82) is 0 Å². The molecular weight excluding hydrogens is 292 g/mol. The Labute approximate surface area is 137 Å². The van der Waals surface area contributed by atoms with E-state index in [1.165, 1.54) is 11.1 Å². The average molecular weight is 316 g/mol.